The zero-order chi connectivity index (χ0) is 8.48. The van der Waals surface area contributed by atoms with Crippen LogP contribution >= 0.6 is 0 Å². The third-order valence-electron chi connectivity index (χ3n) is 2.09. The number of amides is 1. The summed E-state index contributed by atoms with van der Waals surface area (Å²) >= 11 is 0. The maximum Gasteiger partial charge on any atom is 0.258 e. The van der Waals surface area contributed by atoms with Crippen LogP contribution in [0.3, 0.4) is 0 Å². The number of aliphatic hydroxyl groups excluding tert-OH is 1. The van der Waals surface area contributed by atoms with Gasteiger partial charge in [0.1, 0.15) is 0 Å². The molecule has 0 aliphatic carbocycles. The number of hydrogen-bond acceptors (Lipinski definition) is 2. The third-order valence-corrected chi connectivity index (χ3v) is 2.09. The Labute approximate surface area is 64.6 Å². The first-order valence-electron chi connectivity index (χ1n) is 3.73. The van der Waals surface area contributed by atoms with Gasteiger partial charge in [0.25, 0.3) is 5.91 Å². The summed E-state index contributed by atoms with van der Waals surface area (Å²) < 4.78 is 13.3. The standard InChI is InChI=1S/C7H12FNO2/c1-2-7(8)3-5(4-10)9-6(7)11/h5,10H,2-4H2,1H3,(H,9,11)/t5?,7-/m0/s1. The van der Waals surface area contributed by atoms with Crippen LogP contribution in [-0.4, -0.2) is 29.3 Å². The fourth-order valence-corrected chi connectivity index (χ4v) is 1.26. The van der Waals surface area contributed by atoms with E-state index in [1.54, 1.807) is 6.92 Å². The molecule has 2 atom stereocenters. The Morgan fingerprint density at radius 1 is 1.91 bits per heavy atom. The molecule has 0 spiro atoms. The Morgan fingerprint density at radius 3 is 2.82 bits per heavy atom. The van der Waals surface area contributed by atoms with E-state index in [0.717, 1.165) is 0 Å². The summed E-state index contributed by atoms with van der Waals surface area (Å²) in [6.07, 6.45) is 0.272. The molecule has 1 unspecified atom stereocenters. The second-order valence-corrected chi connectivity index (χ2v) is 2.88. The predicted octanol–water partition coefficient (Wildman–Crippen LogP) is -0.0145. The number of aliphatic hydroxyl groups is 1. The van der Waals surface area contributed by atoms with Crippen molar-refractivity contribution >= 4 is 5.91 Å². The average molecular weight is 161 g/mol. The van der Waals surface area contributed by atoms with E-state index in [0.29, 0.717) is 0 Å². The Hall–Kier alpha value is -0.640. The Balaban J connectivity index is 2.65. The Kier molecular flexibility index (Phi) is 2.13. The normalized spacial score (nSPS) is 37.4. The van der Waals surface area contributed by atoms with Crippen LogP contribution in [0.5, 0.6) is 0 Å². The fourth-order valence-electron chi connectivity index (χ4n) is 1.26. The number of hydrogen-bond donors (Lipinski definition) is 2. The van der Waals surface area contributed by atoms with Gasteiger partial charge in [-0.2, -0.15) is 0 Å². The minimum Gasteiger partial charge on any atom is -0.394 e. The molecule has 1 rings (SSSR count). The summed E-state index contributed by atoms with van der Waals surface area (Å²) in [5.74, 6) is -0.584. The highest BCUT2D eigenvalue weighted by atomic mass is 19.1. The molecule has 2 N–H and O–H groups in total. The summed E-state index contributed by atoms with van der Waals surface area (Å²) in [7, 11) is 0. The Bertz CT molecular complexity index is 174. The number of alkyl halides is 1. The van der Waals surface area contributed by atoms with E-state index in [-0.39, 0.29) is 19.4 Å². The van der Waals surface area contributed by atoms with Crippen molar-refractivity contribution in [3.63, 3.8) is 0 Å². The molecule has 0 radical (unpaired) electrons. The first-order chi connectivity index (χ1) is 5.12. The van der Waals surface area contributed by atoms with Crippen molar-refractivity contribution in [3.05, 3.63) is 0 Å². The van der Waals surface area contributed by atoms with Crippen molar-refractivity contribution in [3.8, 4) is 0 Å². The van der Waals surface area contributed by atoms with Gasteiger partial charge in [0, 0.05) is 6.42 Å². The number of halogens is 1. The van der Waals surface area contributed by atoms with E-state index in [2.05, 4.69) is 5.32 Å². The van der Waals surface area contributed by atoms with Gasteiger partial charge >= 0.3 is 0 Å². The molecule has 0 aromatic carbocycles. The molecule has 11 heavy (non-hydrogen) atoms. The lowest BCUT2D eigenvalue weighted by molar-refractivity contribution is -0.129. The zero-order valence-electron chi connectivity index (χ0n) is 6.43. The molecule has 0 aromatic heterocycles. The topological polar surface area (TPSA) is 49.3 Å². The molecule has 0 saturated carbocycles. The summed E-state index contributed by atoms with van der Waals surface area (Å²) in [6, 6.07) is -0.396. The molecule has 1 aliphatic heterocycles. The summed E-state index contributed by atoms with van der Waals surface area (Å²) in [4.78, 5) is 10.9. The highest BCUT2D eigenvalue weighted by molar-refractivity contribution is 5.87. The van der Waals surface area contributed by atoms with E-state index in [9.17, 15) is 9.18 Å². The molecule has 0 aromatic rings. The molecule has 4 heteroatoms. The van der Waals surface area contributed by atoms with Gasteiger partial charge in [-0.15, -0.1) is 0 Å². The highest BCUT2D eigenvalue weighted by Gasteiger charge is 2.45. The third kappa shape index (κ3) is 1.35. The first-order valence-corrected chi connectivity index (χ1v) is 3.73. The molecule has 64 valence electrons. The van der Waals surface area contributed by atoms with Crippen LogP contribution in [0.15, 0.2) is 0 Å². The second kappa shape index (κ2) is 2.77. The van der Waals surface area contributed by atoms with Crippen molar-refractivity contribution in [2.75, 3.05) is 6.61 Å². The molecule has 1 saturated heterocycles. The number of carbonyl (C=O) groups is 1. The lowest BCUT2D eigenvalue weighted by atomic mass is 9.99. The molecule has 1 heterocycles. The lowest BCUT2D eigenvalue weighted by Crippen LogP contribution is -2.33. The largest absolute Gasteiger partial charge is 0.394 e. The lowest BCUT2D eigenvalue weighted by Gasteiger charge is -2.11. The summed E-state index contributed by atoms with van der Waals surface area (Å²) in [6.45, 7) is 1.44. The maximum atomic E-state index is 13.3. The van der Waals surface area contributed by atoms with Crippen LogP contribution in [-0.2, 0) is 4.79 Å². The smallest absolute Gasteiger partial charge is 0.258 e. The fraction of sp³-hybridized carbons (Fsp3) is 0.857. The van der Waals surface area contributed by atoms with Crippen LogP contribution in [0, 0.1) is 0 Å². The van der Waals surface area contributed by atoms with Gasteiger partial charge in [-0.1, -0.05) is 6.92 Å². The molecule has 3 nitrogen and oxygen atoms in total. The average Bonchev–Trinajstić information content (AvgIpc) is 2.29. The van der Waals surface area contributed by atoms with Gasteiger partial charge in [0.15, 0.2) is 5.67 Å². The molecule has 0 bridgehead atoms. The summed E-state index contributed by atoms with van der Waals surface area (Å²) in [5.41, 5.74) is -1.74. The zero-order valence-corrected chi connectivity index (χ0v) is 6.43. The summed E-state index contributed by atoms with van der Waals surface area (Å²) in [5, 5.41) is 11.0. The Morgan fingerprint density at radius 2 is 2.55 bits per heavy atom. The number of carbonyl (C=O) groups excluding carboxylic acids is 1. The van der Waals surface area contributed by atoms with Crippen molar-refractivity contribution in [2.45, 2.75) is 31.5 Å². The van der Waals surface area contributed by atoms with Crippen molar-refractivity contribution in [1.29, 1.82) is 0 Å². The van der Waals surface area contributed by atoms with Gasteiger partial charge in [-0.3, -0.25) is 4.79 Å². The van der Waals surface area contributed by atoms with Gasteiger partial charge in [0.2, 0.25) is 0 Å². The van der Waals surface area contributed by atoms with Crippen LogP contribution in [0.1, 0.15) is 19.8 Å². The number of rotatable bonds is 2. The monoisotopic (exact) mass is 161 g/mol. The van der Waals surface area contributed by atoms with Crippen molar-refractivity contribution in [1.82, 2.24) is 5.32 Å². The molecule has 1 amide bonds. The first kappa shape index (κ1) is 8.46. The van der Waals surface area contributed by atoms with Crippen LogP contribution in [0.4, 0.5) is 4.39 Å². The van der Waals surface area contributed by atoms with E-state index in [4.69, 9.17) is 5.11 Å². The minimum absolute atomic E-state index is 0.0961. The van der Waals surface area contributed by atoms with Gasteiger partial charge < -0.3 is 10.4 Å². The maximum absolute atomic E-state index is 13.3. The number of nitrogens with one attached hydrogen (secondary N) is 1. The van der Waals surface area contributed by atoms with Gasteiger partial charge in [-0.05, 0) is 6.42 Å². The van der Waals surface area contributed by atoms with E-state index < -0.39 is 17.6 Å². The van der Waals surface area contributed by atoms with Crippen LogP contribution in [0.25, 0.3) is 0 Å². The predicted molar refractivity (Wildman–Crippen MR) is 37.8 cm³/mol. The van der Waals surface area contributed by atoms with E-state index >= 15 is 0 Å². The molecular formula is C7H12FNO2. The van der Waals surface area contributed by atoms with Crippen LogP contribution < -0.4 is 5.32 Å². The van der Waals surface area contributed by atoms with Crippen molar-refractivity contribution in [2.24, 2.45) is 0 Å². The highest BCUT2D eigenvalue weighted by Crippen LogP contribution is 2.27. The van der Waals surface area contributed by atoms with E-state index in [1.807, 2.05) is 0 Å². The SMILES string of the molecule is CC[C@]1(F)CC(CO)NC1=O. The van der Waals surface area contributed by atoms with E-state index in [1.165, 1.54) is 0 Å². The van der Waals surface area contributed by atoms with Crippen molar-refractivity contribution < 1.29 is 14.3 Å². The van der Waals surface area contributed by atoms with Gasteiger partial charge in [0.05, 0.1) is 12.6 Å². The molecule has 1 aliphatic rings. The quantitative estimate of drug-likeness (QED) is 0.598. The van der Waals surface area contributed by atoms with Gasteiger partial charge in [-0.25, -0.2) is 4.39 Å². The minimum atomic E-state index is -1.74. The van der Waals surface area contributed by atoms with Crippen LogP contribution in [0.2, 0.25) is 0 Å². The molecule has 1 fully saturated rings. The second-order valence-electron chi connectivity index (χ2n) is 2.88. The molecular weight excluding hydrogens is 149 g/mol.